The Bertz CT molecular complexity index is 157. The molecule has 3 N–H and O–H groups in total. The Labute approximate surface area is 108 Å². The Morgan fingerprint density at radius 3 is 1.94 bits per heavy atom. The molecule has 0 saturated heterocycles. The van der Waals surface area contributed by atoms with Gasteiger partial charge in [0.05, 0.1) is 0 Å². The molecule has 17 heavy (non-hydrogen) atoms. The van der Waals surface area contributed by atoms with Crippen LogP contribution >= 0.6 is 0 Å². The van der Waals surface area contributed by atoms with E-state index in [-0.39, 0.29) is 5.79 Å². The third kappa shape index (κ3) is 6.36. The summed E-state index contributed by atoms with van der Waals surface area (Å²) in [6.07, 6.45) is 5.75. The Morgan fingerprint density at radius 2 is 1.53 bits per heavy atom. The van der Waals surface area contributed by atoms with Gasteiger partial charge in [-0.3, -0.25) is 16.0 Å². The van der Waals surface area contributed by atoms with Crippen LogP contribution in [0.3, 0.4) is 0 Å². The first-order chi connectivity index (χ1) is 8.17. The number of unbranched alkanes of at least 4 members (excludes halogenated alkanes) is 2. The van der Waals surface area contributed by atoms with Crippen LogP contribution in [-0.2, 0) is 0 Å². The average Bonchev–Trinajstić information content (AvgIpc) is 2.39. The molecule has 0 atom stereocenters. The van der Waals surface area contributed by atoms with E-state index in [1.807, 2.05) is 21.1 Å². The van der Waals surface area contributed by atoms with Crippen molar-refractivity contribution < 1.29 is 0 Å². The van der Waals surface area contributed by atoms with Crippen molar-refractivity contribution >= 4 is 0 Å². The predicted molar refractivity (Wildman–Crippen MR) is 75.8 cm³/mol. The van der Waals surface area contributed by atoms with Gasteiger partial charge >= 0.3 is 0 Å². The monoisotopic (exact) mass is 243 g/mol. The van der Waals surface area contributed by atoms with E-state index in [9.17, 15) is 0 Å². The lowest BCUT2D eigenvalue weighted by atomic mass is 10.1. The van der Waals surface area contributed by atoms with Crippen molar-refractivity contribution in [2.45, 2.75) is 38.9 Å². The molecular formula is C13H31N4. The Morgan fingerprint density at radius 1 is 1.00 bits per heavy atom. The van der Waals surface area contributed by atoms with Crippen molar-refractivity contribution in [2.75, 3.05) is 40.8 Å². The van der Waals surface area contributed by atoms with E-state index in [0.29, 0.717) is 0 Å². The summed E-state index contributed by atoms with van der Waals surface area (Å²) in [5, 5.41) is 9.82. The molecule has 0 aliphatic heterocycles. The summed E-state index contributed by atoms with van der Waals surface area (Å²) in [6, 6.07) is 0. The first-order valence-electron chi connectivity index (χ1n) is 6.78. The molecule has 0 fully saturated rings. The molecule has 0 aromatic heterocycles. The first kappa shape index (κ1) is 16.8. The molecule has 4 nitrogen and oxygen atoms in total. The average molecular weight is 243 g/mol. The maximum Gasteiger partial charge on any atom is 0.122 e. The highest BCUT2D eigenvalue weighted by Gasteiger charge is 2.22. The van der Waals surface area contributed by atoms with E-state index < -0.39 is 0 Å². The molecule has 0 amide bonds. The molecule has 0 bridgehead atoms. The van der Waals surface area contributed by atoms with E-state index >= 15 is 0 Å². The Hall–Kier alpha value is -0.160. The topological polar surface area (TPSA) is 39.3 Å². The van der Waals surface area contributed by atoms with Crippen molar-refractivity contribution in [3.8, 4) is 0 Å². The quantitative estimate of drug-likeness (QED) is 0.374. The molecule has 0 rings (SSSR count). The molecule has 0 aromatic rings. The van der Waals surface area contributed by atoms with Crippen molar-refractivity contribution in [2.24, 2.45) is 0 Å². The highest BCUT2D eigenvalue weighted by atomic mass is 15.3. The van der Waals surface area contributed by atoms with Crippen LogP contribution in [0.5, 0.6) is 0 Å². The second-order valence-electron chi connectivity index (χ2n) is 4.32. The number of rotatable bonds is 11. The minimum absolute atomic E-state index is 0.158. The van der Waals surface area contributed by atoms with Crippen LogP contribution in [0.1, 0.15) is 33.1 Å². The fourth-order valence-corrected chi connectivity index (χ4v) is 2.00. The fourth-order valence-electron chi connectivity index (χ4n) is 2.00. The first-order valence-corrected chi connectivity index (χ1v) is 6.78. The van der Waals surface area contributed by atoms with Gasteiger partial charge in [0.2, 0.25) is 0 Å². The van der Waals surface area contributed by atoms with Gasteiger partial charge in [-0.25, -0.2) is 0 Å². The second kappa shape index (κ2) is 9.83. The zero-order chi connectivity index (χ0) is 13.1. The highest BCUT2D eigenvalue weighted by molar-refractivity contribution is 4.85. The van der Waals surface area contributed by atoms with Crippen LogP contribution in [0.4, 0.5) is 0 Å². The largest absolute Gasteiger partial charge is 0.304 e. The zero-order valence-electron chi connectivity index (χ0n) is 12.3. The van der Waals surface area contributed by atoms with Gasteiger partial charge in [-0.2, -0.15) is 0 Å². The molecule has 0 aromatic carbocycles. The molecule has 103 valence electrons. The van der Waals surface area contributed by atoms with Gasteiger partial charge in [0.25, 0.3) is 0 Å². The summed E-state index contributed by atoms with van der Waals surface area (Å²) in [5.74, 6) is -0.158. The third-order valence-electron chi connectivity index (χ3n) is 3.51. The molecule has 0 spiro atoms. The number of hydrogen-bond donors (Lipinski definition) is 3. The molecular weight excluding hydrogens is 212 g/mol. The van der Waals surface area contributed by atoms with Crippen molar-refractivity contribution in [3.63, 3.8) is 0 Å². The number of nitrogens with one attached hydrogen (secondary N) is 3. The summed E-state index contributed by atoms with van der Waals surface area (Å²) in [7, 11) is 5.91. The van der Waals surface area contributed by atoms with E-state index in [2.05, 4.69) is 41.1 Å². The summed E-state index contributed by atoms with van der Waals surface area (Å²) >= 11 is 0. The molecule has 4 heteroatoms. The third-order valence-corrected chi connectivity index (χ3v) is 3.51. The summed E-state index contributed by atoms with van der Waals surface area (Å²) in [5.41, 5.74) is 0. The van der Waals surface area contributed by atoms with E-state index in [0.717, 1.165) is 19.5 Å². The van der Waals surface area contributed by atoms with Gasteiger partial charge in [-0.05, 0) is 66.5 Å². The number of nitrogens with zero attached hydrogens (tertiary/aromatic N) is 1. The SMILES string of the molecule is CCN(CC)CCC[CH]CC(NC)(NC)NC. The Kier molecular flexibility index (Phi) is 9.74. The number of hydrogen-bond acceptors (Lipinski definition) is 4. The lowest BCUT2D eigenvalue weighted by Crippen LogP contribution is -2.63. The van der Waals surface area contributed by atoms with Gasteiger partial charge in [0.15, 0.2) is 0 Å². The maximum absolute atomic E-state index is 3.27. The second-order valence-corrected chi connectivity index (χ2v) is 4.32. The van der Waals surface area contributed by atoms with E-state index in [1.54, 1.807) is 0 Å². The molecule has 0 aliphatic rings. The van der Waals surface area contributed by atoms with Crippen LogP contribution < -0.4 is 16.0 Å². The molecule has 0 aliphatic carbocycles. The molecule has 0 heterocycles. The summed E-state index contributed by atoms with van der Waals surface area (Å²) in [6.45, 7) is 7.96. The minimum Gasteiger partial charge on any atom is -0.304 e. The Balaban J connectivity index is 3.68. The van der Waals surface area contributed by atoms with Crippen molar-refractivity contribution in [1.82, 2.24) is 20.9 Å². The molecule has 1 radical (unpaired) electrons. The minimum atomic E-state index is -0.158. The fraction of sp³-hybridized carbons (Fsp3) is 0.923. The van der Waals surface area contributed by atoms with Crippen molar-refractivity contribution in [3.05, 3.63) is 6.42 Å². The van der Waals surface area contributed by atoms with Gasteiger partial charge in [0.1, 0.15) is 5.79 Å². The standard InChI is InChI=1S/C13H31N4/c1-6-17(7-2)12-10-8-9-11-13(14-3,15-4)16-5/h9,14-16H,6-8,10-12H2,1-5H3. The lowest BCUT2D eigenvalue weighted by Gasteiger charge is -2.33. The maximum atomic E-state index is 3.27. The summed E-state index contributed by atoms with van der Waals surface area (Å²) in [4.78, 5) is 2.47. The van der Waals surface area contributed by atoms with Crippen molar-refractivity contribution in [1.29, 1.82) is 0 Å². The zero-order valence-corrected chi connectivity index (χ0v) is 12.3. The summed E-state index contributed by atoms with van der Waals surface area (Å²) < 4.78 is 0. The smallest absolute Gasteiger partial charge is 0.122 e. The van der Waals surface area contributed by atoms with Crippen LogP contribution in [0.25, 0.3) is 0 Å². The predicted octanol–water partition coefficient (Wildman–Crippen LogP) is 1.01. The van der Waals surface area contributed by atoms with Gasteiger partial charge in [-0.15, -0.1) is 0 Å². The molecule has 0 unspecified atom stereocenters. The highest BCUT2D eigenvalue weighted by Crippen LogP contribution is 2.08. The van der Waals surface area contributed by atoms with E-state index in [1.165, 1.54) is 19.4 Å². The molecule has 0 saturated carbocycles. The normalized spacial score (nSPS) is 12.4. The lowest BCUT2D eigenvalue weighted by molar-refractivity contribution is 0.238. The van der Waals surface area contributed by atoms with Gasteiger partial charge in [-0.1, -0.05) is 13.8 Å². The van der Waals surface area contributed by atoms with Crippen LogP contribution in [0.2, 0.25) is 0 Å². The van der Waals surface area contributed by atoms with Crippen LogP contribution in [0, 0.1) is 6.42 Å². The van der Waals surface area contributed by atoms with Gasteiger partial charge in [0, 0.05) is 0 Å². The van der Waals surface area contributed by atoms with Crippen LogP contribution in [0.15, 0.2) is 0 Å². The van der Waals surface area contributed by atoms with E-state index in [4.69, 9.17) is 0 Å². The van der Waals surface area contributed by atoms with Crippen LogP contribution in [-0.4, -0.2) is 51.5 Å². The van der Waals surface area contributed by atoms with Gasteiger partial charge < -0.3 is 4.90 Å².